The predicted octanol–water partition coefficient (Wildman–Crippen LogP) is 0.180. The Morgan fingerprint density at radius 2 is 2.08 bits per heavy atom. The fraction of sp³-hybridized carbons (Fsp3) is 0.556. The van der Waals surface area contributed by atoms with Crippen molar-refractivity contribution in [3.05, 3.63) is 18.0 Å². The van der Waals surface area contributed by atoms with E-state index in [0.717, 1.165) is 31.1 Å². The monoisotopic (exact) mass is 178 g/mol. The summed E-state index contributed by atoms with van der Waals surface area (Å²) in [6, 6.07) is 0. The number of rotatable bonds is 2. The van der Waals surface area contributed by atoms with Crippen molar-refractivity contribution in [3.8, 4) is 0 Å². The lowest BCUT2D eigenvalue weighted by atomic mass is 10.0. The molecule has 0 bridgehead atoms. The highest BCUT2D eigenvalue weighted by atomic mass is 15.3. The second kappa shape index (κ2) is 3.30. The van der Waals surface area contributed by atoms with Crippen LogP contribution in [0, 0.1) is 12.8 Å². The van der Waals surface area contributed by atoms with Crippen LogP contribution in [-0.2, 0) is 0 Å². The summed E-state index contributed by atoms with van der Waals surface area (Å²) in [6.07, 6.45) is 3.69. The Hall–Kier alpha value is -1.16. The summed E-state index contributed by atoms with van der Waals surface area (Å²) < 4.78 is 0. The van der Waals surface area contributed by atoms with Gasteiger partial charge in [0.2, 0.25) is 5.95 Å². The Morgan fingerprint density at radius 3 is 2.62 bits per heavy atom. The maximum Gasteiger partial charge on any atom is 0.225 e. The van der Waals surface area contributed by atoms with Gasteiger partial charge in [-0.15, -0.1) is 0 Å². The van der Waals surface area contributed by atoms with E-state index >= 15 is 0 Å². The Morgan fingerprint density at radius 1 is 1.46 bits per heavy atom. The molecule has 4 heteroatoms. The molecule has 1 fully saturated rings. The molecule has 0 atom stereocenters. The first kappa shape index (κ1) is 8.44. The molecule has 0 radical (unpaired) electrons. The molecular formula is C9H14N4. The quantitative estimate of drug-likeness (QED) is 0.702. The van der Waals surface area contributed by atoms with E-state index in [1.54, 1.807) is 0 Å². The molecule has 0 unspecified atom stereocenters. The van der Waals surface area contributed by atoms with Crippen molar-refractivity contribution in [2.24, 2.45) is 11.7 Å². The number of aromatic nitrogens is 2. The number of aryl methyl sites for hydroxylation is 1. The van der Waals surface area contributed by atoms with E-state index in [0.29, 0.717) is 5.92 Å². The van der Waals surface area contributed by atoms with E-state index < -0.39 is 0 Å². The van der Waals surface area contributed by atoms with Gasteiger partial charge in [-0.25, -0.2) is 9.97 Å². The highest BCUT2D eigenvalue weighted by molar-refractivity contribution is 5.33. The third-order valence-electron chi connectivity index (χ3n) is 2.34. The smallest absolute Gasteiger partial charge is 0.225 e. The van der Waals surface area contributed by atoms with Gasteiger partial charge in [-0.2, -0.15) is 0 Å². The van der Waals surface area contributed by atoms with Crippen molar-refractivity contribution >= 4 is 5.95 Å². The van der Waals surface area contributed by atoms with Crippen molar-refractivity contribution in [2.45, 2.75) is 6.92 Å². The number of nitrogens with two attached hydrogens (primary N) is 1. The SMILES string of the molecule is Cc1cnc(N2CC(CN)C2)nc1. The molecule has 70 valence electrons. The molecule has 1 aromatic rings. The van der Waals surface area contributed by atoms with Crippen molar-refractivity contribution in [2.75, 3.05) is 24.5 Å². The maximum absolute atomic E-state index is 5.53. The van der Waals surface area contributed by atoms with Crippen LogP contribution in [-0.4, -0.2) is 29.6 Å². The van der Waals surface area contributed by atoms with Gasteiger partial charge in [0.15, 0.2) is 0 Å². The zero-order chi connectivity index (χ0) is 9.26. The van der Waals surface area contributed by atoms with Gasteiger partial charge in [-0.05, 0) is 19.0 Å². The lowest BCUT2D eigenvalue weighted by Gasteiger charge is -2.38. The van der Waals surface area contributed by atoms with E-state index in [4.69, 9.17) is 5.73 Å². The lowest BCUT2D eigenvalue weighted by Crippen LogP contribution is -2.50. The average molecular weight is 178 g/mol. The zero-order valence-electron chi connectivity index (χ0n) is 7.77. The van der Waals surface area contributed by atoms with E-state index in [1.807, 2.05) is 19.3 Å². The summed E-state index contributed by atoms with van der Waals surface area (Å²) in [5.74, 6) is 1.46. The minimum absolute atomic E-state index is 0.630. The van der Waals surface area contributed by atoms with E-state index in [-0.39, 0.29) is 0 Å². The van der Waals surface area contributed by atoms with Gasteiger partial charge in [0.05, 0.1) is 0 Å². The first-order valence-corrected chi connectivity index (χ1v) is 4.53. The van der Waals surface area contributed by atoms with Gasteiger partial charge in [0.25, 0.3) is 0 Å². The molecule has 0 aliphatic carbocycles. The summed E-state index contributed by atoms with van der Waals surface area (Å²) in [7, 11) is 0. The third-order valence-corrected chi connectivity index (χ3v) is 2.34. The van der Waals surface area contributed by atoms with Crippen LogP contribution in [0.25, 0.3) is 0 Å². The first-order valence-electron chi connectivity index (χ1n) is 4.53. The van der Waals surface area contributed by atoms with Gasteiger partial charge in [0, 0.05) is 31.4 Å². The molecule has 0 aromatic carbocycles. The van der Waals surface area contributed by atoms with Crippen LogP contribution in [0.4, 0.5) is 5.95 Å². The molecule has 2 N–H and O–H groups in total. The van der Waals surface area contributed by atoms with Crippen molar-refractivity contribution < 1.29 is 0 Å². The highest BCUT2D eigenvalue weighted by Gasteiger charge is 2.26. The molecule has 0 saturated carbocycles. The second-order valence-electron chi connectivity index (χ2n) is 3.57. The van der Waals surface area contributed by atoms with Gasteiger partial charge < -0.3 is 10.6 Å². The van der Waals surface area contributed by atoms with Crippen LogP contribution in [0.1, 0.15) is 5.56 Å². The zero-order valence-corrected chi connectivity index (χ0v) is 7.77. The summed E-state index contributed by atoms with van der Waals surface area (Å²) >= 11 is 0. The summed E-state index contributed by atoms with van der Waals surface area (Å²) in [6.45, 7) is 4.75. The van der Waals surface area contributed by atoms with Crippen LogP contribution in [0.15, 0.2) is 12.4 Å². The molecule has 1 aliphatic heterocycles. The Labute approximate surface area is 77.8 Å². The number of anilines is 1. The Balaban J connectivity index is 1.99. The Kier molecular flexibility index (Phi) is 2.14. The first-order chi connectivity index (χ1) is 6.29. The van der Waals surface area contributed by atoms with Crippen LogP contribution < -0.4 is 10.6 Å². The molecule has 13 heavy (non-hydrogen) atoms. The molecule has 2 rings (SSSR count). The minimum Gasteiger partial charge on any atom is -0.340 e. The summed E-state index contributed by atoms with van der Waals surface area (Å²) in [4.78, 5) is 10.6. The van der Waals surface area contributed by atoms with Crippen LogP contribution in [0.2, 0.25) is 0 Å². The van der Waals surface area contributed by atoms with Gasteiger partial charge in [0.1, 0.15) is 0 Å². The summed E-state index contributed by atoms with van der Waals surface area (Å²) in [5, 5.41) is 0. The molecule has 0 spiro atoms. The van der Waals surface area contributed by atoms with E-state index in [9.17, 15) is 0 Å². The van der Waals surface area contributed by atoms with Crippen LogP contribution >= 0.6 is 0 Å². The lowest BCUT2D eigenvalue weighted by molar-refractivity contribution is 0.413. The molecule has 1 saturated heterocycles. The van der Waals surface area contributed by atoms with Crippen molar-refractivity contribution in [1.29, 1.82) is 0 Å². The fourth-order valence-corrected chi connectivity index (χ4v) is 1.43. The molecule has 1 aliphatic rings. The predicted molar refractivity (Wildman–Crippen MR) is 51.5 cm³/mol. The van der Waals surface area contributed by atoms with E-state index in [1.165, 1.54) is 0 Å². The fourth-order valence-electron chi connectivity index (χ4n) is 1.43. The molecule has 1 aromatic heterocycles. The van der Waals surface area contributed by atoms with Crippen molar-refractivity contribution in [3.63, 3.8) is 0 Å². The minimum atomic E-state index is 0.630. The van der Waals surface area contributed by atoms with E-state index in [2.05, 4.69) is 14.9 Å². The van der Waals surface area contributed by atoms with Gasteiger partial charge in [-0.1, -0.05) is 0 Å². The molecule has 2 heterocycles. The molecule has 0 amide bonds. The normalized spacial score (nSPS) is 17.2. The average Bonchev–Trinajstić information content (AvgIpc) is 2.06. The topological polar surface area (TPSA) is 55.0 Å². The number of hydrogen-bond donors (Lipinski definition) is 1. The number of hydrogen-bond acceptors (Lipinski definition) is 4. The largest absolute Gasteiger partial charge is 0.340 e. The van der Waals surface area contributed by atoms with Gasteiger partial charge in [-0.3, -0.25) is 0 Å². The highest BCUT2D eigenvalue weighted by Crippen LogP contribution is 2.19. The Bertz CT molecular complexity index is 276. The van der Waals surface area contributed by atoms with Crippen molar-refractivity contribution in [1.82, 2.24) is 9.97 Å². The standard InChI is InChI=1S/C9H14N4/c1-7-3-11-9(12-4-7)13-5-8(2-10)6-13/h3-4,8H,2,5-6,10H2,1H3. The molecular weight excluding hydrogens is 164 g/mol. The molecule has 4 nitrogen and oxygen atoms in total. The number of nitrogens with zero attached hydrogens (tertiary/aromatic N) is 3. The summed E-state index contributed by atoms with van der Waals surface area (Å²) in [5.41, 5.74) is 6.63. The second-order valence-corrected chi connectivity index (χ2v) is 3.57. The van der Waals surface area contributed by atoms with Crippen LogP contribution in [0.3, 0.4) is 0 Å². The van der Waals surface area contributed by atoms with Crippen LogP contribution in [0.5, 0.6) is 0 Å². The third kappa shape index (κ3) is 1.62. The maximum atomic E-state index is 5.53. The van der Waals surface area contributed by atoms with Gasteiger partial charge >= 0.3 is 0 Å².